The summed E-state index contributed by atoms with van der Waals surface area (Å²) in [4.78, 5) is 37.0. The van der Waals surface area contributed by atoms with Crippen molar-refractivity contribution in [1.29, 1.82) is 0 Å². The summed E-state index contributed by atoms with van der Waals surface area (Å²) in [7, 11) is 0. The summed E-state index contributed by atoms with van der Waals surface area (Å²) in [6, 6.07) is 0. The van der Waals surface area contributed by atoms with Gasteiger partial charge in [0.25, 0.3) is 10.9 Å². The third-order valence-corrected chi connectivity index (χ3v) is 3.08. The molecule has 0 saturated carbocycles. The normalized spacial score (nSPS) is 16.1. The minimum absolute atomic E-state index is 0.100. The maximum atomic E-state index is 11.6. The SMILES string of the molecule is O=CN1CCN(c2c(NCCO)c(=O)c2=O)CC1. The van der Waals surface area contributed by atoms with Crippen LogP contribution in [-0.4, -0.2) is 55.7 Å². The molecule has 0 radical (unpaired) electrons. The summed E-state index contributed by atoms with van der Waals surface area (Å²) in [5.74, 6) is 0. The van der Waals surface area contributed by atoms with Crippen LogP contribution >= 0.6 is 0 Å². The Morgan fingerprint density at radius 2 is 1.83 bits per heavy atom. The second-order valence-electron chi connectivity index (χ2n) is 4.16. The first-order valence-corrected chi connectivity index (χ1v) is 5.81. The topological polar surface area (TPSA) is 89.9 Å². The van der Waals surface area contributed by atoms with Gasteiger partial charge in [0, 0.05) is 32.7 Å². The number of piperazine rings is 1. The average Bonchev–Trinajstić information content (AvgIpc) is 2.42. The molecule has 1 saturated heterocycles. The highest BCUT2D eigenvalue weighted by Crippen LogP contribution is 2.20. The minimum atomic E-state index is -0.531. The smallest absolute Gasteiger partial charge is 0.253 e. The van der Waals surface area contributed by atoms with E-state index in [1.807, 2.05) is 4.90 Å². The number of carbonyl (C=O) groups is 1. The zero-order valence-corrected chi connectivity index (χ0v) is 9.89. The van der Waals surface area contributed by atoms with Gasteiger partial charge < -0.3 is 20.2 Å². The van der Waals surface area contributed by atoms with Crippen LogP contribution in [0.2, 0.25) is 0 Å². The molecule has 1 aliphatic heterocycles. The van der Waals surface area contributed by atoms with Gasteiger partial charge in [-0.3, -0.25) is 14.4 Å². The number of nitrogens with one attached hydrogen (secondary N) is 1. The fourth-order valence-electron chi connectivity index (χ4n) is 2.08. The third-order valence-electron chi connectivity index (χ3n) is 3.08. The van der Waals surface area contributed by atoms with Gasteiger partial charge in [0.05, 0.1) is 6.61 Å². The van der Waals surface area contributed by atoms with Crippen LogP contribution < -0.4 is 21.1 Å². The monoisotopic (exact) mass is 253 g/mol. The molecule has 7 heteroatoms. The predicted molar refractivity (Wildman–Crippen MR) is 66.8 cm³/mol. The molecule has 1 aromatic rings. The molecule has 1 aromatic carbocycles. The summed E-state index contributed by atoms with van der Waals surface area (Å²) in [5.41, 5.74) is -0.348. The van der Waals surface area contributed by atoms with Crippen LogP contribution in [0.1, 0.15) is 0 Å². The van der Waals surface area contributed by atoms with Gasteiger partial charge >= 0.3 is 0 Å². The minimum Gasteiger partial charge on any atom is -0.395 e. The molecule has 0 unspecified atom stereocenters. The number of nitrogens with zero attached hydrogens (tertiary/aromatic N) is 2. The van der Waals surface area contributed by atoms with Crippen LogP contribution in [0.3, 0.4) is 0 Å². The molecular weight excluding hydrogens is 238 g/mol. The molecule has 0 aliphatic carbocycles. The summed E-state index contributed by atoms with van der Waals surface area (Å²) < 4.78 is 0. The van der Waals surface area contributed by atoms with E-state index in [-0.39, 0.29) is 18.8 Å². The molecule has 0 atom stereocenters. The lowest BCUT2D eigenvalue weighted by Gasteiger charge is -2.35. The molecule has 18 heavy (non-hydrogen) atoms. The number of anilines is 2. The summed E-state index contributed by atoms with van der Waals surface area (Å²) in [6.45, 7) is 2.31. The van der Waals surface area contributed by atoms with E-state index in [4.69, 9.17) is 5.11 Å². The first-order valence-electron chi connectivity index (χ1n) is 5.81. The molecule has 2 rings (SSSR count). The average molecular weight is 253 g/mol. The van der Waals surface area contributed by atoms with Crippen molar-refractivity contribution in [2.75, 3.05) is 49.5 Å². The Morgan fingerprint density at radius 1 is 1.17 bits per heavy atom. The van der Waals surface area contributed by atoms with Crippen molar-refractivity contribution in [2.24, 2.45) is 0 Å². The summed E-state index contributed by atoms with van der Waals surface area (Å²) >= 11 is 0. The van der Waals surface area contributed by atoms with Gasteiger partial charge in [-0.25, -0.2) is 0 Å². The number of rotatable bonds is 5. The molecule has 1 fully saturated rings. The van der Waals surface area contributed by atoms with E-state index in [9.17, 15) is 14.4 Å². The van der Waals surface area contributed by atoms with Crippen LogP contribution in [0.25, 0.3) is 0 Å². The number of hydrogen-bond donors (Lipinski definition) is 2. The Labute approximate surface area is 103 Å². The zero-order valence-electron chi connectivity index (χ0n) is 9.89. The first kappa shape index (κ1) is 12.6. The largest absolute Gasteiger partial charge is 0.395 e. The van der Waals surface area contributed by atoms with E-state index < -0.39 is 10.9 Å². The van der Waals surface area contributed by atoms with Gasteiger partial charge in [0.15, 0.2) is 0 Å². The van der Waals surface area contributed by atoms with Crippen LogP contribution in [-0.2, 0) is 4.79 Å². The zero-order chi connectivity index (χ0) is 13.1. The number of hydrogen-bond acceptors (Lipinski definition) is 6. The Balaban J connectivity index is 2.10. The summed E-state index contributed by atoms with van der Waals surface area (Å²) in [5, 5.41) is 11.5. The lowest BCUT2D eigenvalue weighted by molar-refractivity contribution is -0.118. The number of amides is 1. The van der Waals surface area contributed by atoms with E-state index in [0.29, 0.717) is 31.9 Å². The van der Waals surface area contributed by atoms with Crippen molar-refractivity contribution in [3.8, 4) is 0 Å². The van der Waals surface area contributed by atoms with Crippen LogP contribution in [0, 0.1) is 0 Å². The lowest BCUT2D eigenvalue weighted by atomic mass is 10.1. The fraction of sp³-hybridized carbons (Fsp3) is 0.545. The maximum absolute atomic E-state index is 11.6. The van der Waals surface area contributed by atoms with Gasteiger partial charge in [0.2, 0.25) is 6.41 Å². The Bertz CT molecular complexity index is 498. The van der Waals surface area contributed by atoms with Crippen molar-refractivity contribution < 1.29 is 9.90 Å². The molecule has 0 spiro atoms. The lowest BCUT2D eigenvalue weighted by Crippen LogP contribution is -2.51. The van der Waals surface area contributed by atoms with Crippen LogP contribution in [0.4, 0.5) is 11.4 Å². The highest BCUT2D eigenvalue weighted by Gasteiger charge is 2.27. The Hall–Kier alpha value is -1.89. The van der Waals surface area contributed by atoms with Gasteiger partial charge in [-0.15, -0.1) is 0 Å². The molecule has 1 heterocycles. The van der Waals surface area contributed by atoms with Gasteiger partial charge in [-0.1, -0.05) is 0 Å². The van der Waals surface area contributed by atoms with E-state index >= 15 is 0 Å². The molecule has 98 valence electrons. The first-order chi connectivity index (χ1) is 8.69. The van der Waals surface area contributed by atoms with Crippen LogP contribution in [0.5, 0.6) is 0 Å². The molecule has 7 nitrogen and oxygen atoms in total. The number of aliphatic hydroxyl groups excluding tert-OH is 1. The maximum Gasteiger partial charge on any atom is 0.253 e. The quantitative estimate of drug-likeness (QED) is 0.464. The number of carbonyl (C=O) groups excluding carboxylic acids is 1. The second-order valence-corrected chi connectivity index (χ2v) is 4.16. The number of aliphatic hydroxyl groups is 1. The fourth-order valence-corrected chi connectivity index (χ4v) is 2.08. The third kappa shape index (κ3) is 2.08. The van der Waals surface area contributed by atoms with Crippen LogP contribution in [0.15, 0.2) is 9.59 Å². The van der Waals surface area contributed by atoms with Crippen molar-refractivity contribution in [3.05, 3.63) is 20.4 Å². The molecule has 1 aliphatic rings. The van der Waals surface area contributed by atoms with Gasteiger partial charge in [-0.05, 0) is 0 Å². The molecule has 0 aromatic heterocycles. The van der Waals surface area contributed by atoms with Gasteiger partial charge in [-0.2, -0.15) is 0 Å². The molecule has 0 bridgehead atoms. The van der Waals surface area contributed by atoms with E-state index in [1.165, 1.54) is 0 Å². The highest BCUT2D eigenvalue weighted by molar-refractivity contribution is 5.75. The summed E-state index contributed by atoms with van der Waals surface area (Å²) in [6.07, 6.45) is 0.782. The highest BCUT2D eigenvalue weighted by atomic mass is 16.3. The van der Waals surface area contributed by atoms with E-state index in [1.54, 1.807) is 4.90 Å². The second kappa shape index (κ2) is 5.18. The molecule has 2 N–H and O–H groups in total. The molecule has 1 amide bonds. The van der Waals surface area contributed by atoms with Gasteiger partial charge in [0.1, 0.15) is 11.4 Å². The van der Waals surface area contributed by atoms with Crippen molar-refractivity contribution >= 4 is 17.8 Å². The van der Waals surface area contributed by atoms with Crippen molar-refractivity contribution in [3.63, 3.8) is 0 Å². The Kier molecular flexibility index (Phi) is 3.61. The van der Waals surface area contributed by atoms with E-state index in [0.717, 1.165) is 6.41 Å². The van der Waals surface area contributed by atoms with Crippen molar-refractivity contribution in [2.45, 2.75) is 0 Å². The van der Waals surface area contributed by atoms with E-state index in [2.05, 4.69) is 5.32 Å². The predicted octanol–water partition coefficient (Wildman–Crippen LogP) is -2.03. The van der Waals surface area contributed by atoms with Crippen molar-refractivity contribution in [1.82, 2.24) is 4.90 Å². The standard InChI is InChI=1S/C11H15N3O4/c15-6-1-12-8-9(11(18)10(8)17)14-4-2-13(7-16)3-5-14/h7,12,15H,1-6H2. The molecular formula is C11H15N3O4. The Morgan fingerprint density at radius 3 is 2.39 bits per heavy atom.